The summed E-state index contributed by atoms with van der Waals surface area (Å²) in [6, 6.07) is 12.6. The molecule has 0 aliphatic carbocycles. The number of ether oxygens (including phenoxy) is 1. The van der Waals surface area contributed by atoms with E-state index in [9.17, 15) is 4.79 Å². The van der Waals surface area contributed by atoms with E-state index < -0.39 is 0 Å². The third-order valence-corrected chi connectivity index (χ3v) is 3.98. The van der Waals surface area contributed by atoms with Crippen molar-refractivity contribution in [1.82, 2.24) is 0 Å². The summed E-state index contributed by atoms with van der Waals surface area (Å²) in [6.45, 7) is 4.16. The summed E-state index contributed by atoms with van der Waals surface area (Å²) in [7, 11) is 0. The quantitative estimate of drug-likeness (QED) is 0.691. The summed E-state index contributed by atoms with van der Waals surface area (Å²) in [5.41, 5.74) is 1.82. The van der Waals surface area contributed by atoms with Crippen LogP contribution in [-0.2, 0) is 0 Å². The number of benzene rings is 2. The summed E-state index contributed by atoms with van der Waals surface area (Å²) in [5.74, 6) is 0.758. The van der Waals surface area contributed by atoms with Gasteiger partial charge in [0.2, 0.25) is 0 Å². The van der Waals surface area contributed by atoms with Crippen LogP contribution in [0.1, 0.15) is 35.7 Å². The number of carbonyl (C=O) groups is 1. The predicted octanol–water partition coefficient (Wildman–Crippen LogP) is 5.38. The Bertz CT molecular complexity index is 634. The van der Waals surface area contributed by atoms with Gasteiger partial charge in [0.15, 0.2) is 12.4 Å². The van der Waals surface area contributed by atoms with Crippen molar-refractivity contribution in [2.45, 2.75) is 19.8 Å². The first-order chi connectivity index (χ1) is 9.99. The molecule has 0 atom stereocenters. The van der Waals surface area contributed by atoms with Crippen molar-refractivity contribution in [1.29, 1.82) is 0 Å². The van der Waals surface area contributed by atoms with Crippen molar-refractivity contribution in [3.05, 3.63) is 63.6 Å². The van der Waals surface area contributed by atoms with E-state index in [1.807, 2.05) is 24.3 Å². The lowest BCUT2D eigenvalue weighted by atomic mass is 10.0. The average molecular weight is 323 g/mol. The van der Waals surface area contributed by atoms with Crippen molar-refractivity contribution >= 4 is 29.0 Å². The van der Waals surface area contributed by atoms with Crippen molar-refractivity contribution in [2.24, 2.45) is 0 Å². The lowest BCUT2D eigenvalue weighted by Gasteiger charge is -2.09. The molecule has 0 saturated heterocycles. The van der Waals surface area contributed by atoms with Crippen molar-refractivity contribution in [3.8, 4) is 5.75 Å². The van der Waals surface area contributed by atoms with Crippen LogP contribution in [-0.4, -0.2) is 12.4 Å². The third-order valence-electron chi connectivity index (χ3n) is 3.17. The second kappa shape index (κ2) is 6.97. The maximum atomic E-state index is 12.1. The van der Waals surface area contributed by atoms with Gasteiger partial charge in [-0.25, -0.2) is 0 Å². The molecular formula is C17H16Cl2O2. The summed E-state index contributed by atoms with van der Waals surface area (Å²) in [5, 5.41) is 0.727. The highest BCUT2D eigenvalue weighted by molar-refractivity contribution is 6.42. The first kappa shape index (κ1) is 15.9. The predicted molar refractivity (Wildman–Crippen MR) is 86.8 cm³/mol. The molecule has 2 nitrogen and oxygen atoms in total. The number of carbonyl (C=O) groups excluding carboxylic acids is 1. The molecule has 0 N–H and O–H groups in total. The molecule has 0 amide bonds. The molecule has 0 bridgehead atoms. The largest absolute Gasteiger partial charge is 0.484 e. The van der Waals surface area contributed by atoms with Gasteiger partial charge in [-0.3, -0.25) is 4.79 Å². The first-order valence-electron chi connectivity index (χ1n) is 6.69. The lowest BCUT2D eigenvalue weighted by molar-refractivity contribution is 0.0921. The highest BCUT2D eigenvalue weighted by Crippen LogP contribution is 2.31. The highest BCUT2D eigenvalue weighted by Gasteiger charge is 2.10. The Morgan fingerprint density at radius 3 is 2.38 bits per heavy atom. The summed E-state index contributed by atoms with van der Waals surface area (Å²) in [4.78, 5) is 12.1. The van der Waals surface area contributed by atoms with E-state index in [0.717, 1.165) is 0 Å². The fourth-order valence-electron chi connectivity index (χ4n) is 1.88. The van der Waals surface area contributed by atoms with Gasteiger partial charge in [0, 0.05) is 5.56 Å². The Labute approximate surface area is 134 Å². The SMILES string of the molecule is CC(C)c1ccc(C(=O)COc2cccc(Cl)c2Cl)cc1. The molecule has 2 aromatic carbocycles. The van der Waals surface area contributed by atoms with Crippen LogP contribution in [0.15, 0.2) is 42.5 Å². The second-order valence-electron chi connectivity index (χ2n) is 5.04. The number of Topliss-reactive ketones (excluding diaryl/α,β-unsaturated/α-hetero) is 1. The molecule has 110 valence electrons. The van der Waals surface area contributed by atoms with Crippen LogP contribution in [0.25, 0.3) is 0 Å². The Morgan fingerprint density at radius 1 is 1.10 bits per heavy atom. The second-order valence-corrected chi connectivity index (χ2v) is 5.83. The summed E-state index contributed by atoms with van der Waals surface area (Å²) >= 11 is 11.9. The molecular weight excluding hydrogens is 307 g/mol. The zero-order valence-corrected chi connectivity index (χ0v) is 13.4. The standard InChI is InChI=1S/C17H16Cl2O2/c1-11(2)12-6-8-13(9-7-12)15(20)10-21-16-5-3-4-14(18)17(16)19/h3-9,11H,10H2,1-2H3. The monoisotopic (exact) mass is 322 g/mol. The average Bonchev–Trinajstić information content (AvgIpc) is 2.48. The van der Waals surface area contributed by atoms with Gasteiger partial charge in [0.1, 0.15) is 10.8 Å². The van der Waals surface area contributed by atoms with Crippen LogP contribution in [0.3, 0.4) is 0 Å². The molecule has 0 saturated carbocycles. The topological polar surface area (TPSA) is 26.3 Å². The minimum Gasteiger partial charge on any atom is -0.484 e. The molecule has 0 radical (unpaired) electrons. The van der Waals surface area contributed by atoms with E-state index in [0.29, 0.717) is 27.3 Å². The molecule has 0 fully saturated rings. The Morgan fingerprint density at radius 2 is 1.76 bits per heavy atom. The van der Waals surface area contributed by atoms with Crippen LogP contribution in [0.4, 0.5) is 0 Å². The number of ketones is 1. The van der Waals surface area contributed by atoms with Gasteiger partial charge < -0.3 is 4.74 Å². The molecule has 0 aliphatic rings. The molecule has 2 aromatic rings. The van der Waals surface area contributed by atoms with E-state index in [-0.39, 0.29) is 12.4 Å². The van der Waals surface area contributed by atoms with Gasteiger partial charge in [0.25, 0.3) is 0 Å². The fraction of sp³-hybridized carbons (Fsp3) is 0.235. The summed E-state index contributed by atoms with van der Waals surface area (Å²) < 4.78 is 5.45. The maximum absolute atomic E-state index is 12.1. The lowest BCUT2D eigenvalue weighted by Crippen LogP contribution is -2.11. The number of rotatable bonds is 5. The molecule has 0 aliphatic heterocycles. The van der Waals surface area contributed by atoms with Gasteiger partial charge in [-0.1, -0.05) is 67.4 Å². The van der Waals surface area contributed by atoms with Crippen LogP contribution >= 0.6 is 23.2 Å². The van der Waals surface area contributed by atoms with Gasteiger partial charge >= 0.3 is 0 Å². The fourth-order valence-corrected chi connectivity index (χ4v) is 2.22. The number of hydrogen-bond donors (Lipinski definition) is 0. The van der Waals surface area contributed by atoms with E-state index in [1.165, 1.54) is 5.56 Å². The molecule has 0 unspecified atom stereocenters. The Kier molecular flexibility index (Phi) is 5.27. The minimum absolute atomic E-state index is 0.0684. The summed E-state index contributed by atoms with van der Waals surface area (Å²) in [6.07, 6.45) is 0. The smallest absolute Gasteiger partial charge is 0.200 e. The zero-order chi connectivity index (χ0) is 15.4. The molecule has 21 heavy (non-hydrogen) atoms. The molecule has 4 heteroatoms. The van der Waals surface area contributed by atoms with Crippen LogP contribution in [0.2, 0.25) is 10.0 Å². The zero-order valence-electron chi connectivity index (χ0n) is 11.9. The third kappa shape index (κ3) is 3.99. The van der Waals surface area contributed by atoms with Gasteiger partial charge in [-0.2, -0.15) is 0 Å². The van der Waals surface area contributed by atoms with Gasteiger partial charge in [-0.15, -0.1) is 0 Å². The van der Waals surface area contributed by atoms with Crippen molar-refractivity contribution < 1.29 is 9.53 Å². The normalized spacial score (nSPS) is 10.7. The maximum Gasteiger partial charge on any atom is 0.200 e. The van der Waals surface area contributed by atoms with Crippen LogP contribution in [0.5, 0.6) is 5.75 Å². The first-order valence-corrected chi connectivity index (χ1v) is 7.44. The number of halogens is 2. The van der Waals surface area contributed by atoms with Crippen molar-refractivity contribution in [3.63, 3.8) is 0 Å². The highest BCUT2D eigenvalue weighted by atomic mass is 35.5. The van der Waals surface area contributed by atoms with E-state index in [1.54, 1.807) is 18.2 Å². The van der Waals surface area contributed by atoms with E-state index >= 15 is 0 Å². The van der Waals surface area contributed by atoms with Gasteiger partial charge in [0.05, 0.1) is 5.02 Å². The van der Waals surface area contributed by atoms with Gasteiger partial charge in [-0.05, 0) is 23.6 Å². The Balaban J connectivity index is 2.03. The number of hydrogen-bond acceptors (Lipinski definition) is 2. The van der Waals surface area contributed by atoms with Crippen molar-refractivity contribution in [2.75, 3.05) is 6.61 Å². The Hall–Kier alpha value is -1.51. The molecule has 0 spiro atoms. The van der Waals surface area contributed by atoms with Crippen LogP contribution in [0, 0.1) is 0 Å². The van der Waals surface area contributed by atoms with Crippen LogP contribution < -0.4 is 4.74 Å². The molecule has 0 heterocycles. The minimum atomic E-state index is -0.0960. The molecule has 2 rings (SSSR count). The molecule has 0 aromatic heterocycles. The van der Waals surface area contributed by atoms with E-state index in [2.05, 4.69) is 13.8 Å². The van der Waals surface area contributed by atoms with E-state index in [4.69, 9.17) is 27.9 Å².